The quantitative estimate of drug-likeness (QED) is 0.710. The molecular formula is C17H19N3O5S. The zero-order chi connectivity index (χ0) is 18.9. The first-order chi connectivity index (χ1) is 12.3. The fourth-order valence-corrected chi connectivity index (χ4v) is 3.90. The minimum Gasteiger partial charge on any atom is -0.360 e. The molecule has 2 N–H and O–H groups in total. The van der Waals surface area contributed by atoms with Crippen molar-refractivity contribution in [3.63, 3.8) is 0 Å². The van der Waals surface area contributed by atoms with E-state index in [0.717, 1.165) is 12.8 Å². The van der Waals surface area contributed by atoms with Crippen molar-refractivity contribution in [3.05, 3.63) is 41.3 Å². The van der Waals surface area contributed by atoms with Crippen molar-refractivity contribution >= 4 is 27.4 Å². The molecule has 8 nitrogen and oxygen atoms in total. The van der Waals surface area contributed by atoms with Gasteiger partial charge in [-0.3, -0.25) is 9.59 Å². The molecule has 1 amide bonds. The van der Waals surface area contributed by atoms with Crippen LogP contribution in [0.25, 0.3) is 0 Å². The lowest BCUT2D eigenvalue weighted by atomic mass is 10.1. The van der Waals surface area contributed by atoms with Gasteiger partial charge in [-0.25, -0.2) is 13.1 Å². The zero-order valence-electron chi connectivity index (χ0n) is 14.4. The summed E-state index contributed by atoms with van der Waals surface area (Å²) in [5.41, 5.74) is 1.33. The number of Topliss-reactive ketones (excluding diaryl/α,β-unsaturated/α-hetero) is 1. The highest BCUT2D eigenvalue weighted by atomic mass is 32.2. The summed E-state index contributed by atoms with van der Waals surface area (Å²) in [6, 6.07) is 6.56. The standard InChI is InChI=1S/C17H19N3O5S/c1-10-17(11(2)25-20-10)26(23,24)18-9-15(21)19-14-7-5-13(6-8-14)16(22)12-3-4-12/h5-8,12,18H,3-4,9H2,1-2H3,(H,19,21). The summed E-state index contributed by atoms with van der Waals surface area (Å²) in [4.78, 5) is 23.9. The number of benzene rings is 1. The van der Waals surface area contributed by atoms with Crippen molar-refractivity contribution in [2.75, 3.05) is 11.9 Å². The molecular weight excluding hydrogens is 358 g/mol. The van der Waals surface area contributed by atoms with Gasteiger partial charge >= 0.3 is 0 Å². The van der Waals surface area contributed by atoms with E-state index < -0.39 is 22.5 Å². The highest BCUT2D eigenvalue weighted by molar-refractivity contribution is 7.89. The maximum atomic E-state index is 12.3. The predicted octanol–water partition coefficient (Wildman–Crippen LogP) is 1.80. The lowest BCUT2D eigenvalue weighted by molar-refractivity contribution is -0.115. The Kier molecular flexibility index (Phi) is 4.92. The second kappa shape index (κ2) is 7.00. The zero-order valence-corrected chi connectivity index (χ0v) is 15.2. The van der Waals surface area contributed by atoms with Crippen LogP contribution in [0.15, 0.2) is 33.7 Å². The van der Waals surface area contributed by atoms with Crippen LogP contribution >= 0.6 is 0 Å². The van der Waals surface area contributed by atoms with E-state index in [4.69, 9.17) is 4.52 Å². The predicted molar refractivity (Wildman–Crippen MR) is 93.3 cm³/mol. The molecule has 0 atom stereocenters. The van der Waals surface area contributed by atoms with Gasteiger partial charge in [-0.05, 0) is 51.0 Å². The second-order valence-corrected chi connectivity index (χ2v) is 7.95. The van der Waals surface area contributed by atoms with Crippen molar-refractivity contribution in [2.45, 2.75) is 31.6 Å². The average molecular weight is 377 g/mol. The lowest BCUT2D eigenvalue weighted by Crippen LogP contribution is -2.33. The highest BCUT2D eigenvalue weighted by Gasteiger charge is 2.30. The normalized spacial score (nSPS) is 14.2. The molecule has 0 spiro atoms. The minimum absolute atomic E-state index is 0.0618. The third kappa shape index (κ3) is 4.00. The van der Waals surface area contributed by atoms with Gasteiger partial charge < -0.3 is 9.84 Å². The first kappa shape index (κ1) is 18.3. The Hall–Kier alpha value is -2.52. The fourth-order valence-electron chi connectivity index (χ4n) is 2.60. The monoisotopic (exact) mass is 377 g/mol. The van der Waals surface area contributed by atoms with E-state index in [-0.39, 0.29) is 28.1 Å². The van der Waals surface area contributed by atoms with Gasteiger partial charge in [0.05, 0.1) is 6.54 Å². The number of nitrogens with zero attached hydrogens (tertiary/aromatic N) is 1. The average Bonchev–Trinajstić information content (AvgIpc) is 3.38. The third-order valence-corrected chi connectivity index (χ3v) is 5.71. The summed E-state index contributed by atoms with van der Waals surface area (Å²) in [6.07, 6.45) is 1.87. The molecule has 0 unspecified atom stereocenters. The SMILES string of the molecule is Cc1noc(C)c1S(=O)(=O)NCC(=O)Nc1ccc(C(=O)C2CC2)cc1. The molecule has 0 radical (unpaired) electrons. The molecule has 1 aliphatic rings. The Morgan fingerprint density at radius 1 is 1.19 bits per heavy atom. The van der Waals surface area contributed by atoms with Crippen LogP contribution < -0.4 is 10.0 Å². The van der Waals surface area contributed by atoms with Crippen molar-refractivity contribution in [1.82, 2.24) is 9.88 Å². The first-order valence-electron chi connectivity index (χ1n) is 8.14. The van der Waals surface area contributed by atoms with Crippen molar-refractivity contribution < 1.29 is 22.5 Å². The van der Waals surface area contributed by atoms with Crippen molar-refractivity contribution in [3.8, 4) is 0 Å². The molecule has 9 heteroatoms. The van der Waals surface area contributed by atoms with E-state index in [2.05, 4.69) is 15.2 Å². The summed E-state index contributed by atoms with van der Waals surface area (Å²) in [5, 5.41) is 6.18. The van der Waals surface area contributed by atoms with Gasteiger partial charge in [0, 0.05) is 17.2 Å². The Morgan fingerprint density at radius 3 is 2.38 bits per heavy atom. The van der Waals surface area contributed by atoms with Crippen LogP contribution in [0.5, 0.6) is 0 Å². The van der Waals surface area contributed by atoms with E-state index in [1.165, 1.54) is 13.8 Å². The Labute approximate surface area is 151 Å². The molecule has 1 aromatic heterocycles. The van der Waals surface area contributed by atoms with Crippen LogP contribution in [0, 0.1) is 19.8 Å². The summed E-state index contributed by atoms with van der Waals surface area (Å²) >= 11 is 0. The van der Waals surface area contributed by atoms with Gasteiger partial charge in [-0.15, -0.1) is 0 Å². The minimum atomic E-state index is -3.90. The van der Waals surface area contributed by atoms with Gasteiger partial charge in [-0.1, -0.05) is 5.16 Å². The largest absolute Gasteiger partial charge is 0.360 e. The molecule has 0 saturated heterocycles. The second-order valence-electron chi connectivity index (χ2n) is 6.24. The number of aryl methyl sites for hydroxylation is 2. The molecule has 1 fully saturated rings. The van der Waals surface area contributed by atoms with Crippen LogP contribution in [0.1, 0.15) is 34.7 Å². The molecule has 3 rings (SSSR count). The third-order valence-electron chi connectivity index (χ3n) is 4.06. The van der Waals surface area contributed by atoms with Gasteiger partial charge in [0.15, 0.2) is 11.5 Å². The number of hydrogen-bond acceptors (Lipinski definition) is 6. The number of carbonyl (C=O) groups is 2. The number of carbonyl (C=O) groups excluding carboxylic acids is 2. The molecule has 1 saturated carbocycles. The fraction of sp³-hybridized carbons (Fsp3) is 0.353. The van der Waals surface area contributed by atoms with E-state index in [1.54, 1.807) is 24.3 Å². The highest BCUT2D eigenvalue weighted by Crippen LogP contribution is 2.32. The summed E-state index contributed by atoms with van der Waals surface area (Å²) < 4.78 is 31.6. The Morgan fingerprint density at radius 2 is 1.85 bits per heavy atom. The number of anilines is 1. The first-order valence-corrected chi connectivity index (χ1v) is 9.63. The van der Waals surface area contributed by atoms with Gasteiger partial charge in [-0.2, -0.15) is 0 Å². The van der Waals surface area contributed by atoms with Crippen LogP contribution in [-0.2, 0) is 14.8 Å². The van der Waals surface area contributed by atoms with Crippen molar-refractivity contribution in [2.24, 2.45) is 5.92 Å². The number of nitrogens with one attached hydrogen (secondary N) is 2. The number of hydrogen-bond donors (Lipinski definition) is 2. The lowest BCUT2D eigenvalue weighted by Gasteiger charge is -2.08. The topological polar surface area (TPSA) is 118 Å². The number of aromatic nitrogens is 1. The van der Waals surface area contributed by atoms with Crippen LogP contribution in [0.2, 0.25) is 0 Å². The molecule has 1 aromatic carbocycles. The van der Waals surface area contributed by atoms with Gasteiger partial charge in [0.25, 0.3) is 0 Å². The molecule has 138 valence electrons. The maximum Gasteiger partial charge on any atom is 0.246 e. The van der Waals surface area contributed by atoms with E-state index in [1.807, 2.05) is 0 Å². The van der Waals surface area contributed by atoms with E-state index >= 15 is 0 Å². The van der Waals surface area contributed by atoms with E-state index in [9.17, 15) is 18.0 Å². The smallest absolute Gasteiger partial charge is 0.246 e. The van der Waals surface area contributed by atoms with Gasteiger partial charge in [0.2, 0.25) is 15.9 Å². The van der Waals surface area contributed by atoms with Crippen LogP contribution in [0.3, 0.4) is 0 Å². The molecule has 26 heavy (non-hydrogen) atoms. The Balaban J connectivity index is 1.58. The summed E-state index contributed by atoms with van der Waals surface area (Å²) in [5.74, 6) is -0.114. The maximum absolute atomic E-state index is 12.3. The molecule has 2 aromatic rings. The molecule has 1 aliphatic carbocycles. The number of amides is 1. The van der Waals surface area contributed by atoms with Gasteiger partial charge in [0.1, 0.15) is 10.6 Å². The Bertz CT molecular complexity index is 924. The summed E-state index contributed by atoms with van der Waals surface area (Å²) in [7, 11) is -3.90. The molecule has 1 heterocycles. The van der Waals surface area contributed by atoms with E-state index in [0.29, 0.717) is 11.3 Å². The number of ketones is 1. The van der Waals surface area contributed by atoms with Crippen molar-refractivity contribution in [1.29, 1.82) is 0 Å². The van der Waals surface area contributed by atoms with Crippen LogP contribution in [0.4, 0.5) is 5.69 Å². The molecule has 0 aliphatic heterocycles. The number of sulfonamides is 1. The van der Waals surface area contributed by atoms with Crippen LogP contribution in [-0.4, -0.2) is 31.8 Å². The summed E-state index contributed by atoms with van der Waals surface area (Å²) in [6.45, 7) is 2.56. The molecule has 0 bridgehead atoms. The number of rotatable bonds is 7.